The minimum absolute atomic E-state index is 0.0453. The van der Waals surface area contributed by atoms with Gasteiger partial charge in [-0.15, -0.1) is 5.92 Å². The van der Waals surface area contributed by atoms with Crippen molar-refractivity contribution in [2.24, 2.45) is 0 Å². The van der Waals surface area contributed by atoms with Crippen LogP contribution in [0.3, 0.4) is 0 Å². The summed E-state index contributed by atoms with van der Waals surface area (Å²) in [6, 6.07) is 15.9. The molecule has 55 heavy (non-hydrogen) atoms. The van der Waals surface area contributed by atoms with Gasteiger partial charge >= 0.3 is 0 Å². The molecular weight excluding hydrogens is 739 g/mol. The summed E-state index contributed by atoms with van der Waals surface area (Å²) in [7, 11) is 0. The summed E-state index contributed by atoms with van der Waals surface area (Å²) in [5, 5.41) is 7.22. The molecule has 5 aromatic rings. The molecular formula is C42H38Cl2N6O5. The zero-order valence-electron chi connectivity index (χ0n) is 30.4. The van der Waals surface area contributed by atoms with E-state index in [1.165, 1.54) is 17.8 Å². The largest absolute Gasteiger partial charge is 0.352 e. The quantitative estimate of drug-likeness (QED) is 0.198. The number of hydrogen-bond donors (Lipinski definition) is 2. The normalized spacial score (nSPS) is 13.3. The monoisotopic (exact) mass is 776 g/mol. The number of aryl methyl sites for hydroxylation is 2. The van der Waals surface area contributed by atoms with E-state index in [0.29, 0.717) is 46.3 Å². The average Bonchev–Trinajstić information content (AvgIpc) is 3.81. The molecule has 0 radical (unpaired) electrons. The highest BCUT2D eigenvalue weighted by atomic mass is 35.5. The molecule has 2 amide bonds. The molecule has 0 saturated carbocycles. The van der Waals surface area contributed by atoms with Crippen molar-refractivity contribution in [1.82, 2.24) is 24.3 Å². The molecule has 2 N–H and O–H groups in total. The molecule has 0 saturated heterocycles. The lowest BCUT2D eigenvalue weighted by Gasteiger charge is -2.26. The Morgan fingerprint density at radius 1 is 0.782 bits per heavy atom. The highest BCUT2D eigenvalue weighted by Crippen LogP contribution is 2.32. The number of amides is 2. The van der Waals surface area contributed by atoms with Gasteiger partial charge in [-0.25, -0.2) is 0 Å². The highest BCUT2D eigenvalue weighted by Gasteiger charge is 2.30. The van der Waals surface area contributed by atoms with E-state index in [9.17, 15) is 24.0 Å². The van der Waals surface area contributed by atoms with E-state index < -0.39 is 11.3 Å². The minimum atomic E-state index is -0.460. The third-order valence-corrected chi connectivity index (χ3v) is 10.4. The first-order chi connectivity index (χ1) is 26.6. The van der Waals surface area contributed by atoms with Crippen molar-refractivity contribution in [1.29, 1.82) is 0 Å². The Morgan fingerprint density at radius 2 is 1.36 bits per heavy atom. The molecule has 2 aromatic carbocycles. The summed E-state index contributed by atoms with van der Waals surface area (Å²) in [5.41, 5.74) is 3.96. The van der Waals surface area contributed by atoms with Crippen LogP contribution in [0, 0.1) is 11.8 Å². The van der Waals surface area contributed by atoms with Crippen LogP contribution in [0.4, 0.5) is 5.82 Å². The number of aromatic nitrogens is 3. The van der Waals surface area contributed by atoms with Gasteiger partial charge in [-0.1, -0.05) is 72.3 Å². The number of halogens is 2. The molecule has 8 rings (SSSR count). The molecule has 3 aromatic heterocycles. The Balaban J connectivity index is 0.000000169. The van der Waals surface area contributed by atoms with Crippen LogP contribution in [-0.4, -0.2) is 38.6 Å². The lowest BCUT2D eigenvalue weighted by Crippen LogP contribution is -2.33. The summed E-state index contributed by atoms with van der Waals surface area (Å²) in [6.07, 6.45) is 7.25. The molecule has 11 nitrogen and oxygen atoms in total. The smallest absolute Gasteiger partial charge is 0.267 e. The molecule has 280 valence electrons. The zero-order valence-corrected chi connectivity index (χ0v) is 31.9. The number of nitrogens with one attached hydrogen (secondary N) is 2. The summed E-state index contributed by atoms with van der Waals surface area (Å²) in [4.78, 5) is 66.1. The SMILES string of the molecule is CC#Cc1cc2c(=O)c(C(=O)NCc3ccc(Cl)cc3)cn3c2n(c1=O)CC3.CCCC1=Cc2c3n(cc(C(=O)NCc4ccc(Cl)cc4)c2=O)CCN3C1. The summed E-state index contributed by atoms with van der Waals surface area (Å²) < 4.78 is 5.36. The van der Waals surface area contributed by atoms with Crippen LogP contribution < -0.4 is 32.0 Å². The number of carbonyl (C=O) groups excluding carboxylic acids is 2. The number of hydrogen-bond acceptors (Lipinski definition) is 6. The number of benzene rings is 2. The highest BCUT2D eigenvalue weighted by molar-refractivity contribution is 6.30. The molecule has 13 heteroatoms. The fraction of sp³-hybridized carbons (Fsp3) is 0.262. The van der Waals surface area contributed by atoms with Gasteiger partial charge in [0, 0.05) is 68.3 Å². The van der Waals surface area contributed by atoms with Crippen molar-refractivity contribution >= 4 is 57.9 Å². The van der Waals surface area contributed by atoms with Gasteiger partial charge in [0.1, 0.15) is 22.6 Å². The van der Waals surface area contributed by atoms with Crippen molar-refractivity contribution in [2.75, 3.05) is 18.0 Å². The summed E-state index contributed by atoms with van der Waals surface area (Å²) >= 11 is 11.8. The first kappa shape index (κ1) is 37.5. The van der Waals surface area contributed by atoms with Gasteiger partial charge in [0.05, 0.1) is 16.5 Å². The van der Waals surface area contributed by atoms with Crippen LogP contribution >= 0.6 is 23.2 Å². The Morgan fingerprint density at radius 3 is 1.96 bits per heavy atom. The fourth-order valence-corrected chi connectivity index (χ4v) is 7.49. The Bertz CT molecular complexity index is 2630. The van der Waals surface area contributed by atoms with Gasteiger partial charge in [0.2, 0.25) is 10.9 Å². The molecule has 0 fully saturated rings. The summed E-state index contributed by atoms with van der Waals surface area (Å²) in [5.74, 6) is 5.60. The van der Waals surface area contributed by atoms with Crippen molar-refractivity contribution in [3.05, 3.63) is 147 Å². The van der Waals surface area contributed by atoms with Crippen molar-refractivity contribution < 1.29 is 9.59 Å². The van der Waals surface area contributed by atoms with Gasteiger partial charge in [-0.2, -0.15) is 0 Å². The molecule has 0 atom stereocenters. The Kier molecular flexibility index (Phi) is 10.8. The standard InChI is InChI=1S/C21H16ClN3O3.C21H22ClN3O2/c1-2-3-14-10-16-18(26)17(12-24-8-9-25(20(16)24)21(14)28)19(27)23-11-13-4-6-15(22)7-5-13;1-2-3-15-10-17-19(26)18(13-25-9-8-24(12-15)21(17)25)20(27)23-11-14-4-6-16(22)7-5-14/h4-7,10,12H,8-9,11H2,1H3,(H,23,27);4-7,10,13H,2-3,8-9,11-12H2,1H3,(H,23,27). The lowest BCUT2D eigenvalue weighted by atomic mass is 10.0. The van der Waals surface area contributed by atoms with E-state index in [2.05, 4.69) is 34.3 Å². The van der Waals surface area contributed by atoms with Crippen LogP contribution in [0.1, 0.15) is 69.7 Å². The number of anilines is 1. The Labute approximate surface area is 326 Å². The van der Waals surface area contributed by atoms with Gasteiger partial charge in [0.25, 0.3) is 17.4 Å². The van der Waals surface area contributed by atoms with E-state index in [0.717, 1.165) is 49.4 Å². The van der Waals surface area contributed by atoms with Crippen LogP contribution in [-0.2, 0) is 32.7 Å². The molecule has 0 spiro atoms. The first-order valence-corrected chi connectivity index (χ1v) is 18.8. The number of nitrogens with zero attached hydrogens (tertiary/aromatic N) is 4. The third-order valence-electron chi connectivity index (χ3n) is 9.86. The van der Waals surface area contributed by atoms with Crippen molar-refractivity contribution in [3.63, 3.8) is 0 Å². The van der Waals surface area contributed by atoms with Crippen LogP contribution in [0.15, 0.2) is 86.9 Å². The third kappa shape index (κ3) is 7.61. The molecule has 6 heterocycles. The van der Waals surface area contributed by atoms with Crippen LogP contribution in [0.5, 0.6) is 0 Å². The van der Waals surface area contributed by atoms with Crippen LogP contribution in [0.2, 0.25) is 10.0 Å². The van der Waals surface area contributed by atoms with Crippen molar-refractivity contribution in [2.45, 2.75) is 59.4 Å². The Hall–Kier alpha value is -5.83. The predicted octanol–water partition coefficient (Wildman–Crippen LogP) is 5.58. The lowest BCUT2D eigenvalue weighted by molar-refractivity contribution is 0.0941. The van der Waals surface area contributed by atoms with E-state index >= 15 is 0 Å². The molecule has 3 aliphatic heterocycles. The van der Waals surface area contributed by atoms with Gasteiger partial charge < -0.3 is 24.7 Å². The maximum absolute atomic E-state index is 13.0. The zero-order chi connectivity index (χ0) is 38.8. The summed E-state index contributed by atoms with van der Waals surface area (Å²) in [6.45, 7) is 7.93. The number of carbonyl (C=O) groups is 2. The van der Waals surface area contributed by atoms with Crippen molar-refractivity contribution in [3.8, 4) is 11.8 Å². The van der Waals surface area contributed by atoms with E-state index in [1.807, 2.05) is 34.9 Å². The van der Waals surface area contributed by atoms with E-state index in [1.54, 1.807) is 46.5 Å². The minimum Gasteiger partial charge on any atom is -0.352 e. The number of rotatable bonds is 8. The molecule has 3 aliphatic rings. The van der Waals surface area contributed by atoms with Crippen LogP contribution in [0.25, 0.3) is 17.1 Å². The second-order valence-electron chi connectivity index (χ2n) is 13.6. The van der Waals surface area contributed by atoms with E-state index in [-0.39, 0.29) is 40.1 Å². The fourth-order valence-electron chi connectivity index (χ4n) is 7.23. The maximum Gasteiger partial charge on any atom is 0.267 e. The number of pyridine rings is 3. The molecule has 0 aliphatic carbocycles. The average molecular weight is 778 g/mol. The predicted molar refractivity (Wildman–Crippen MR) is 216 cm³/mol. The van der Waals surface area contributed by atoms with Gasteiger partial charge in [0.15, 0.2) is 0 Å². The van der Waals surface area contributed by atoms with E-state index in [4.69, 9.17) is 23.2 Å². The van der Waals surface area contributed by atoms with Gasteiger partial charge in [-0.05, 0) is 60.9 Å². The molecule has 0 unspecified atom stereocenters. The second-order valence-corrected chi connectivity index (χ2v) is 14.5. The first-order valence-electron chi connectivity index (χ1n) is 18.1. The molecule has 0 bridgehead atoms. The maximum atomic E-state index is 13.0. The topological polar surface area (TPSA) is 127 Å². The van der Waals surface area contributed by atoms with Gasteiger partial charge in [-0.3, -0.25) is 28.5 Å². The second kappa shape index (κ2) is 15.9.